The van der Waals surface area contributed by atoms with Crippen molar-refractivity contribution in [2.75, 3.05) is 16.8 Å². The summed E-state index contributed by atoms with van der Waals surface area (Å²) >= 11 is 0. The third kappa shape index (κ3) is 5.36. The summed E-state index contributed by atoms with van der Waals surface area (Å²) in [7, 11) is 3.92. The van der Waals surface area contributed by atoms with E-state index in [0.29, 0.717) is 5.69 Å². The Kier molecular flexibility index (Phi) is 7.28. The minimum Gasteiger partial charge on any atom is -0.345 e. The van der Waals surface area contributed by atoms with Crippen LogP contribution in [0.5, 0.6) is 0 Å². The van der Waals surface area contributed by atoms with Crippen molar-refractivity contribution in [3.05, 3.63) is 151 Å². The number of fused-ring (bicyclic) bond motifs is 3. The van der Waals surface area contributed by atoms with Gasteiger partial charge in [-0.05, 0) is 90.8 Å². The van der Waals surface area contributed by atoms with E-state index in [1.807, 2.05) is 36.2 Å². The van der Waals surface area contributed by atoms with Crippen LogP contribution in [0.4, 0.5) is 41.6 Å². The van der Waals surface area contributed by atoms with Gasteiger partial charge in [0.05, 0.1) is 16.6 Å². The number of rotatable bonds is 6. The molecule has 1 aromatic heterocycles. The standard InChI is InChI=1S/C40H32F3N3/c1-27-9-11-28(12-10-27)29-13-17-33(18-14-29)46(32-7-5-4-6-8-32)35-22-24-37-36-23-21-34(25-38(36)45(3)39(37)26-35)44(2)31-19-15-30(16-20-31)40(41,42)43/h4-26H,1-3H3. The van der Waals surface area contributed by atoms with Gasteiger partial charge in [-0.2, -0.15) is 13.2 Å². The summed E-state index contributed by atoms with van der Waals surface area (Å²) in [4.78, 5) is 4.17. The van der Waals surface area contributed by atoms with Crippen LogP contribution < -0.4 is 9.80 Å². The van der Waals surface area contributed by atoms with Crippen LogP contribution in [0.1, 0.15) is 11.1 Å². The van der Waals surface area contributed by atoms with Crippen molar-refractivity contribution >= 4 is 50.2 Å². The van der Waals surface area contributed by atoms with Crippen LogP contribution in [-0.2, 0) is 13.2 Å². The molecule has 0 amide bonds. The van der Waals surface area contributed by atoms with Gasteiger partial charge in [0.2, 0.25) is 0 Å². The maximum atomic E-state index is 13.1. The van der Waals surface area contributed by atoms with Crippen molar-refractivity contribution in [2.24, 2.45) is 7.05 Å². The van der Waals surface area contributed by atoms with E-state index >= 15 is 0 Å². The number of aromatic nitrogens is 1. The molecular formula is C40H32F3N3. The number of anilines is 5. The monoisotopic (exact) mass is 611 g/mol. The number of para-hydroxylation sites is 1. The normalized spacial score (nSPS) is 11.7. The number of alkyl halides is 3. The first-order valence-corrected chi connectivity index (χ1v) is 15.1. The number of halogens is 3. The fraction of sp³-hybridized carbons (Fsp3) is 0.100. The number of nitrogens with zero attached hydrogens (tertiary/aromatic N) is 3. The number of benzene rings is 6. The third-order valence-corrected chi connectivity index (χ3v) is 8.73. The molecule has 6 aromatic carbocycles. The largest absolute Gasteiger partial charge is 0.416 e. The van der Waals surface area contributed by atoms with Gasteiger partial charge in [-0.25, -0.2) is 0 Å². The second-order valence-electron chi connectivity index (χ2n) is 11.6. The molecule has 0 aliphatic carbocycles. The molecule has 0 aliphatic rings. The zero-order valence-corrected chi connectivity index (χ0v) is 25.8. The maximum absolute atomic E-state index is 13.1. The molecule has 0 atom stereocenters. The zero-order chi connectivity index (χ0) is 32.0. The summed E-state index contributed by atoms with van der Waals surface area (Å²) < 4.78 is 41.5. The third-order valence-electron chi connectivity index (χ3n) is 8.73. The molecule has 0 bridgehead atoms. The van der Waals surface area contributed by atoms with E-state index in [9.17, 15) is 13.2 Å². The molecule has 7 rings (SSSR count). The summed E-state index contributed by atoms with van der Waals surface area (Å²) in [6.45, 7) is 2.10. The molecule has 46 heavy (non-hydrogen) atoms. The quantitative estimate of drug-likeness (QED) is 0.185. The summed E-state index contributed by atoms with van der Waals surface area (Å²) in [6.07, 6.45) is -4.36. The molecule has 0 aliphatic heterocycles. The molecule has 0 radical (unpaired) electrons. The van der Waals surface area contributed by atoms with Crippen molar-refractivity contribution in [3.8, 4) is 11.1 Å². The Labute approximate surface area is 266 Å². The van der Waals surface area contributed by atoms with Gasteiger partial charge in [-0.1, -0.05) is 72.3 Å². The highest BCUT2D eigenvalue weighted by Crippen LogP contribution is 2.40. The van der Waals surface area contributed by atoms with E-state index in [1.165, 1.54) is 23.3 Å². The molecule has 0 N–H and O–H groups in total. The first-order valence-electron chi connectivity index (χ1n) is 15.1. The Balaban J connectivity index is 1.27. The summed E-state index contributed by atoms with van der Waals surface area (Å²) in [6, 6.07) is 45.6. The molecule has 0 fully saturated rings. The van der Waals surface area contributed by atoms with E-state index in [0.717, 1.165) is 62.3 Å². The van der Waals surface area contributed by atoms with E-state index in [-0.39, 0.29) is 0 Å². The fourth-order valence-electron chi connectivity index (χ4n) is 6.12. The van der Waals surface area contributed by atoms with Crippen LogP contribution in [0.15, 0.2) is 140 Å². The molecule has 228 valence electrons. The Morgan fingerprint density at radius 1 is 0.522 bits per heavy atom. The van der Waals surface area contributed by atoms with Crippen LogP contribution in [-0.4, -0.2) is 11.6 Å². The van der Waals surface area contributed by atoms with Crippen molar-refractivity contribution in [1.82, 2.24) is 4.57 Å². The van der Waals surface area contributed by atoms with Gasteiger partial charge in [0.15, 0.2) is 0 Å². The van der Waals surface area contributed by atoms with Crippen molar-refractivity contribution in [2.45, 2.75) is 13.1 Å². The summed E-state index contributed by atoms with van der Waals surface area (Å²) in [5, 5.41) is 2.25. The van der Waals surface area contributed by atoms with Gasteiger partial charge in [0.1, 0.15) is 0 Å². The minimum atomic E-state index is -4.36. The molecule has 6 heteroatoms. The molecule has 0 saturated heterocycles. The summed E-state index contributed by atoms with van der Waals surface area (Å²) in [5.74, 6) is 0. The molecule has 1 heterocycles. The first-order chi connectivity index (χ1) is 22.2. The van der Waals surface area contributed by atoms with Crippen LogP contribution in [0.3, 0.4) is 0 Å². The SMILES string of the molecule is Cc1ccc(-c2ccc(N(c3ccccc3)c3ccc4c5ccc(N(C)c6ccc(C(F)(F)F)cc6)cc5n(C)c4c3)cc2)cc1. The highest BCUT2D eigenvalue weighted by Gasteiger charge is 2.30. The molecule has 0 saturated carbocycles. The van der Waals surface area contributed by atoms with Crippen LogP contribution in [0.2, 0.25) is 0 Å². The lowest BCUT2D eigenvalue weighted by Crippen LogP contribution is -2.10. The zero-order valence-electron chi connectivity index (χ0n) is 25.8. The van der Waals surface area contributed by atoms with Gasteiger partial charge in [-0.15, -0.1) is 0 Å². The number of hydrogen-bond acceptors (Lipinski definition) is 2. The molecule has 7 aromatic rings. The average molecular weight is 612 g/mol. The second kappa shape index (κ2) is 11.5. The topological polar surface area (TPSA) is 11.4 Å². The van der Waals surface area contributed by atoms with Gasteiger partial charge < -0.3 is 14.4 Å². The van der Waals surface area contributed by atoms with Gasteiger partial charge in [0.25, 0.3) is 0 Å². The van der Waals surface area contributed by atoms with E-state index in [2.05, 4.69) is 114 Å². The Bertz CT molecular complexity index is 2150. The molecule has 0 spiro atoms. The van der Waals surface area contributed by atoms with Gasteiger partial charge >= 0.3 is 6.18 Å². The van der Waals surface area contributed by atoms with Crippen molar-refractivity contribution < 1.29 is 13.2 Å². The lowest BCUT2D eigenvalue weighted by Gasteiger charge is -2.26. The first kappa shape index (κ1) is 29.2. The minimum absolute atomic E-state index is 0.656. The van der Waals surface area contributed by atoms with E-state index in [1.54, 1.807) is 0 Å². The van der Waals surface area contributed by atoms with Crippen LogP contribution in [0.25, 0.3) is 32.9 Å². The Morgan fingerprint density at radius 3 is 1.59 bits per heavy atom. The van der Waals surface area contributed by atoms with Crippen molar-refractivity contribution in [3.63, 3.8) is 0 Å². The highest BCUT2D eigenvalue weighted by atomic mass is 19.4. The smallest absolute Gasteiger partial charge is 0.345 e. The van der Waals surface area contributed by atoms with Gasteiger partial charge in [0, 0.05) is 53.3 Å². The Hall–Kier alpha value is -5.49. The lowest BCUT2D eigenvalue weighted by atomic mass is 10.0. The van der Waals surface area contributed by atoms with Gasteiger partial charge in [-0.3, -0.25) is 0 Å². The molecular weight excluding hydrogens is 579 g/mol. The van der Waals surface area contributed by atoms with E-state index in [4.69, 9.17) is 0 Å². The average Bonchev–Trinajstić information content (AvgIpc) is 3.35. The second-order valence-corrected chi connectivity index (χ2v) is 11.6. The number of hydrogen-bond donors (Lipinski definition) is 0. The molecule has 3 nitrogen and oxygen atoms in total. The highest BCUT2D eigenvalue weighted by molar-refractivity contribution is 6.10. The fourth-order valence-corrected chi connectivity index (χ4v) is 6.12. The number of aryl methyl sites for hydroxylation is 2. The van der Waals surface area contributed by atoms with Crippen LogP contribution in [0, 0.1) is 6.92 Å². The lowest BCUT2D eigenvalue weighted by molar-refractivity contribution is -0.137. The predicted molar refractivity (Wildman–Crippen MR) is 185 cm³/mol. The van der Waals surface area contributed by atoms with Crippen LogP contribution >= 0.6 is 0 Å². The summed E-state index contributed by atoms with van der Waals surface area (Å²) in [5.41, 5.74) is 9.77. The Morgan fingerprint density at radius 2 is 1.00 bits per heavy atom. The predicted octanol–water partition coefficient (Wildman–Crippen LogP) is 11.6. The van der Waals surface area contributed by atoms with E-state index < -0.39 is 11.7 Å². The maximum Gasteiger partial charge on any atom is 0.416 e. The molecule has 0 unspecified atom stereocenters. The van der Waals surface area contributed by atoms with Crippen molar-refractivity contribution in [1.29, 1.82) is 0 Å².